The molecular weight excluding hydrogens is 402 g/mol. The minimum absolute atomic E-state index is 0.0336. The summed E-state index contributed by atoms with van der Waals surface area (Å²) in [6.45, 7) is 4.74. The van der Waals surface area contributed by atoms with Gasteiger partial charge in [-0.1, -0.05) is 6.07 Å². The van der Waals surface area contributed by atoms with Gasteiger partial charge in [-0.3, -0.25) is 24.1 Å². The van der Waals surface area contributed by atoms with Gasteiger partial charge in [0.15, 0.2) is 0 Å². The number of benzene rings is 1. The molecule has 0 atom stereocenters. The van der Waals surface area contributed by atoms with Crippen LogP contribution in [0.4, 0.5) is 0 Å². The molecule has 4 rings (SSSR count). The first kappa shape index (κ1) is 20.3. The van der Waals surface area contributed by atoms with Crippen molar-refractivity contribution in [2.24, 2.45) is 0 Å². The number of hydrogen-bond acceptors (Lipinski definition) is 5. The van der Waals surface area contributed by atoms with E-state index < -0.39 is 0 Å². The molecule has 7 nitrogen and oxygen atoms in total. The van der Waals surface area contributed by atoms with E-state index in [-0.39, 0.29) is 41.3 Å². The van der Waals surface area contributed by atoms with Crippen molar-refractivity contribution in [2.45, 2.75) is 38.8 Å². The van der Waals surface area contributed by atoms with Gasteiger partial charge in [0.05, 0.1) is 16.0 Å². The van der Waals surface area contributed by atoms with Crippen molar-refractivity contribution in [1.82, 2.24) is 15.1 Å². The molecule has 0 saturated carbocycles. The van der Waals surface area contributed by atoms with Crippen LogP contribution in [0, 0.1) is 0 Å². The maximum absolute atomic E-state index is 12.7. The van der Waals surface area contributed by atoms with E-state index in [9.17, 15) is 19.2 Å². The number of nitrogens with one attached hydrogen (secondary N) is 1. The number of rotatable bonds is 4. The average Bonchev–Trinajstić information content (AvgIpc) is 3.35. The van der Waals surface area contributed by atoms with Crippen LogP contribution in [-0.4, -0.2) is 58.6 Å². The fourth-order valence-electron chi connectivity index (χ4n) is 3.92. The van der Waals surface area contributed by atoms with Gasteiger partial charge in [-0.25, -0.2) is 0 Å². The zero-order valence-corrected chi connectivity index (χ0v) is 17.7. The molecule has 0 radical (unpaired) electrons. The maximum Gasteiger partial charge on any atom is 0.263 e. The van der Waals surface area contributed by atoms with Crippen molar-refractivity contribution < 1.29 is 19.2 Å². The molecule has 0 unspecified atom stereocenters. The Morgan fingerprint density at radius 1 is 1.07 bits per heavy atom. The molecule has 1 aromatic carbocycles. The summed E-state index contributed by atoms with van der Waals surface area (Å²) in [7, 11) is 0. The number of thiophene rings is 1. The van der Waals surface area contributed by atoms with Gasteiger partial charge < -0.3 is 10.2 Å². The second-order valence-corrected chi connectivity index (χ2v) is 8.80. The lowest BCUT2D eigenvalue weighted by Gasteiger charge is -2.32. The number of nitrogens with zero attached hydrogens (tertiary/aromatic N) is 2. The summed E-state index contributed by atoms with van der Waals surface area (Å²) >= 11 is 1.43. The van der Waals surface area contributed by atoms with Crippen molar-refractivity contribution in [3.05, 3.63) is 57.3 Å². The number of carbonyl (C=O) groups excluding carboxylic acids is 4. The molecule has 30 heavy (non-hydrogen) atoms. The lowest BCUT2D eigenvalue weighted by Crippen LogP contribution is -2.46. The summed E-state index contributed by atoms with van der Waals surface area (Å²) in [5.74, 6) is -0.921. The number of hydrogen-bond donors (Lipinski definition) is 1. The monoisotopic (exact) mass is 425 g/mol. The SMILES string of the molecule is CC(C)N1C(=O)c2ccc(C(=O)NC3CCN(C(=O)c4cccs4)CC3)cc2C1=O. The molecular formula is C22H23N3O4S. The van der Waals surface area contributed by atoms with Crippen LogP contribution in [0.25, 0.3) is 0 Å². The van der Waals surface area contributed by atoms with Crippen molar-refractivity contribution >= 4 is 35.0 Å². The van der Waals surface area contributed by atoms with Crippen LogP contribution >= 0.6 is 11.3 Å². The molecule has 1 aromatic heterocycles. The Labute approximate surface area is 178 Å². The molecule has 1 fully saturated rings. The highest BCUT2D eigenvalue weighted by atomic mass is 32.1. The average molecular weight is 426 g/mol. The predicted octanol–water partition coefficient (Wildman–Crippen LogP) is 2.79. The van der Waals surface area contributed by atoms with Gasteiger partial charge in [-0.15, -0.1) is 11.3 Å². The number of piperidine rings is 1. The Balaban J connectivity index is 1.39. The van der Waals surface area contributed by atoms with E-state index in [0.717, 1.165) is 4.88 Å². The van der Waals surface area contributed by atoms with Crippen molar-refractivity contribution in [1.29, 1.82) is 0 Å². The zero-order chi connectivity index (χ0) is 21.4. The smallest absolute Gasteiger partial charge is 0.263 e. The van der Waals surface area contributed by atoms with Crippen LogP contribution in [0.5, 0.6) is 0 Å². The highest BCUT2D eigenvalue weighted by molar-refractivity contribution is 7.12. The van der Waals surface area contributed by atoms with E-state index in [1.165, 1.54) is 22.3 Å². The van der Waals surface area contributed by atoms with Crippen LogP contribution in [-0.2, 0) is 0 Å². The predicted molar refractivity (Wildman–Crippen MR) is 113 cm³/mol. The van der Waals surface area contributed by atoms with Gasteiger partial charge >= 0.3 is 0 Å². The van der Waals surface area contributed by atoms with Crippen molar-refractivity contribution in [2.75, 3.05) is 13.1 Å². The first-order valence-electron chi connectivity index (χ1n) is 10.0. The van der Waals surface area contributed by atoms with Gasteiger partial charge in [0.25, 0.3) is 23.6 Å². The second-order valence-electron chi connectivity index (χ2n) is 7.85. The molecule has 8 heteroatoms. The third-order valence-electron chi connectivity index (χ3n) is 5.55. The van der Waals surface area contributed by atoms with Crippen LogP contribution in [0.15, 0.2) is 35.7 Å². The van der Waals surface area contributed by atoms with Gasteiger partial charge in [0.2, 0.25) is 0 Å². The third kappa shape index (κ3) is 3.63. The molecule has 1 saturated heterocycles. The molecule has 3 heterocycles. The lowest BCUT2D eigenvalue weighted by atomic mass is 10.0. The van der Waals surface area contributed by atoms with E-state index in [0.29, 0.717) is 37.1 Å². The van der Waals surface area contributed by atoms with E-state index in [4.69, 9.17) is 0 Å². The summed E-state index contributed by atoms with van der Waals surface area (Å²) in [6, 6.07) is 8.04. The molecule has 1 N–H and O–H groups in total. The standard InChI is InChI=1S/C22H23N3O4S/c1-13(2)25-20(27)16-6-5-14(12-17(16)21(25)28)19(26)23-15-7-9-24(10-8-15)22(29)18-4-3-11-30-18/h3-6,11-13,15H,7-10H2,1-2H3,(H,23,26). The molecule has 0 bridgehead atoms. The van der Waals surface area contributed by atoms with Crippen molar-refractivity contribution in [3.8, 4) is 0 Å². The Kier molecular flexibility index (Phi) is 5.42. The van der Waals surface area contributed by atoms with Gasteiger partial charge in [0, 0.05) is 30.7 Å². The van der Waals surface area contributed by atoms with Crippen LogP contribution in [0.3, 0.4) is 0 Å². The van der Waals surface area contributed by atoms with E-state index >= 15 is 0 Å². The van der Waals surface area contributed by atoms with Crippen LogP contribution in [0.2, 0.25) is 0 Å². The Bertz CT molecular complexity index is 1010. The fourth-order valence-corrected chi connectivity index (χ4v) is 4.61. The number of imide groups is 1. The normalized spacial score (nSPS) is 16.9. The number of fused-ring (bicyclic) bond motifs is 1. The van der Waals surface area contributed by atoms with Crippen molar-refractivity contribution in [3.63, 3.8) is 0 Å². The summed E-state index contributed by atoms with van der Waals surface area (Å²) < 4.78 is 0. The quantitative estimate of drug-likeness (QED) is 0.763. The van der Waals surface area contributed by atoms with E-state index in [1.807, 2.05) is 22.4 Å². The van der Waals surface area contributed by atoms with Gasteiger partial charge in [-0.2, -0.15) is 0 Å². The summed E-state index contributed by atoms with van der Waals surface area (Å²) in [5.41, 5.74) is 0.973. The minimum atomic E-state index is -0.361. The first-order chi connectivity index (χ1) is 14.4. The number of likely N-dealkylation sites (tertiary alicyclic amines) is 1. The molecule has 0 spiro atoms. The summed E-state index contributed by atoms with van der Waals surface area (Å²) in [4.78, 5) is 53.9. The molecule has 2 aliphatic rings. The van der Waals surface area contributed by atoms with Gasteiger partial charge in [-0.05, 0) is 56.3 Å². The second kappa shape index (κ2) is 8.02. The highest BCUT2D eigenvalue weighted by Crippen LogP contribution is 2.26. The molecule has 2 aliphatic heterocycles. The van der Waals surface area contributed by atoms with E-state index in [2.05, 4.69) is 5.32 Å². The minimum Gasteiger partial charge on any atom is -0.349 e. The highest BCUT2D eigenvalue weighted by Gasteiger charge is 2.37. The molecule has 4 amide bonds. The van der Waals surface area contributed by atoms with Crippen LogP contribution in [0.1, 0.15) is 67.4 Å². The van der Waals surface area contributed by atoms with Gasteiger partial charge in [0.1, 0.15) is 0 Å². The molecule has 0 aliphatic carbocycles. The largest absolute Gasteiger partial charge is 0.349 e. The molecule has 156 valence electrons. The third-order valence-corrected chi connectivity index (χ3v) is 6.40. The Morgan fingerprint density at radius 2 is 1.77 bits per heavy atom. The topological polar surface area (TPSA) is 86.8 Å². The summed E-state index contributed by atoms with van der Waals surface area (Å²) in [6.07, 6.45) is 1.35. The summed E-state index contributed by atoms with van der Waals surface area (Å²) in [5, 5.41) is 4.88. The Hall–Kier alpha value is -3.00. The number of carbonyl (C=O) groups is 4. The fraction of sp³-hybridized carbons (Fsp3) is 0.364. The number of amides is 4. The maximum atomic E-state index is 12.7. The lowest BCUT2D eigenvalue weighted by molar-refractivity contribution is 0.0607. The Morgan fingerprint density at radius 3 is 2.40 bits per heavy atom. The molecule has 2 aromatic rings. The van der Waals surface area contributed by atoms with Crippen LogP contribution < -0.4 is 5.32 Å². The van der Waals surface area contributed by atoms with E-state index in [1.54, 1.807) is 26.0 Å². The zero-order valence-electron chi connectivity index (χ0n) is 16.9. The first-order valence-corrected chi connectivity index (χ1v) is 10.9.